The summed E-state index contributed by atoms with van der Waals surface area (Å²) in [6.45, 7) is 2.66. The minimum atomic E-state index is 0.498. The summed E-state index contributed by atoms with van der Waals surface area (Å²) in [7, 11) is 0. The molecule has 0 aliphatic heterocycles. The van der Waals surface area contributed by atoms with Gasteiger partial charge in [0.05, 0.1) is 12.3 Å². The maximum atomic E-state index is 5.81. The van der Waals surface area contributed by atoms with Gasteiger partial charge in [0.1, 0.15) is 10.1 Å². The molecule has 2 heterocycles. The highest BCUT2D eigenvalue weighted by molar-refractivity contribution is 7.99. The zero-order valence-corrected chi connectivity index (χ0v) is 11.0. The third-order valence-corrected chi connectivity index (χ3v) is 3.04. The SMILES string of the molecule is CCCOc1nc(Sc2ccccn2)ccc1N. The molecule has 0 amide bonds. The van der Waals surface area contributed by atoms with E-state index in [1.165, 1.54) is 11.8 Å². The van der Waals surface area contributed by atoms with Gasteiger partial charge >= 0.3 is 0 Å². The lowest BCUT2D eigenvalue weighted by Gasteiger charge is -2.08. The molecule has 0 aliphatic rings. The zero-order valence-electron chi connectivity index (χ0n) is 10.2. The van der Waals surface area contributed by atoms with E-state index in [1.54, 1.807) is 6.20 Å². The van der Waals surface area contributed by atoms with Crippen LogP contribution in [0.15, 0.2) is 46.6 Å². The lowest BCUT2D eigenvalue weighted by molar-refractivity contribution is 0.305. The van der Waals surface area contributed by atoms with Crippen LogP contribution in [0.2, 0.25) is 0 Å². The fourth-order valence-corrected chi connectivity index (χ4v) is 2.06. The Balaban J connectivity index is 2.14. The minimum absolute atomic E-state index is 0.498. The van der Waals surface area contributed by atoms with Crippen molar-refractivity contribution in [3.8, 4) is 5.88 Å². The van der Waals surface area contributed by atoms with Crippen LogP contribution < -0.4 is 10.5 Å². The zero-order chi connectivity index (χ0) is 12.8. The highest BCUT2D eigenvalue weighted by Gasteiger charge is 2.06. The van der Waals surface area contributed by atoms with E-state index >= 15 is 0 Å². The number of nitrogen functional groups attached to an aromatic ring is 1. The number of ether oxygens (including phenoxy) is 1. The Morgan fingerprint density at radius 1 is 1.22 bits per heavy atom. The van der Waals surface area contributed by atoms with E-state index < -0.39 is 0 Å². The van der Waals surface area contributed by atoms with Gasteiger partial charge in [-0.3, -0.25) is 0 Å². The van der Waals surface area contributed by atoms with Crippen molar-refractivity contribution in [2.24, 2.45) is 0 Å². The van der Waals surface area contributed by atoms with E-state index in [9.17, 15) is 0 Å². The van der Waals surface area contributed by atoms with Crippen molar-refractivity contribution in [3.05, 3.63) is 36.5 Å². The molecule has 0 unspecified atom stereocenters. The summed E-state index contributed by atoms with van der Waals surface area (Å²) >= 11 is 1.49. The number of aromatic nitrogens is 2. The maximum absolute atomic E-state index is 5.81. The summed E-state index contributed by atoms with van der Waals surface area (Å²) in [5.74, 6) is 0.498. The van der Waals surface area contributed by atoms with Crippen LogP contribution in [0, 0.1) is 0 Å². The van der Waals surface area contributed by atoms with Gasteiger partial charge < -0.3 is 10.5 Å². The van der Waals surface area contributed by atoms with Gasteiger partial charge in [0, 0.05) is 6.20 Å². The number of nitrogens with two attached hydrogens (primary N) is 1. The Morgan fingerprint density at radius 2 is 2.11 bits per heavy atom. The predicted molar refractivity (Wildman–Crippen MR) is 72.8 cm³/mol. The molecule has 0 saturated heterocycles. The smallest absolute Gasteiger partial charge is 0.238 e. The Hall–Kier alpha value is -1.75. The minimum Gasteiger partial charge on any atom is -0.476 e. The van der Waals surface area contributed by atoms with Gasteiger partial charge in [-0.1, -0.05) is 13.0 Å². The summed E-state index contributed by atoms with van der Waals surface area (Å²) in [5.41, 5.74) is 6.37. The molecule has 5 heteroatoms. The molecule has 2 rings (SSSR count). The van der Waals surface area contributed by atoms with Crippen LogP contribution in [0.3, 0.4) is 0 Å². The normalized spacial score (nSPS) is 10.3. The predicted octanol–water partition coefficient (Wildman–Crippen LogP) is 3.00. The van der Waals surface area contributed by atoms with Crippen LogP contribution in [0.5, 0.6) is 5.88 Å². The fraction of sp³-hybridized carbons (Fsp3) is 0.231. The van der Waals surface area contributed by atoms with E-state index in [-0.39, 0.29) is 0 Å². The molecule has 18 heavy (non-hydrogen) atoms. The fourth-order valence-electron chi connectivity index (χ4n) is 1.32. The van der Waals surface area contributed by atoms with Crippen molar-refractivity contribution < 1.29 is 4.74 Å². The summed E-state index contributed by atoms with van der Waals surface area (Å²) < 4.78 is 5.49. The molecule has 0 atom stereocenters. The topological polar surface area (TPSA) is 61.0 Å². The van der Waals surface area contributed by atoms with E-state index in [4.69, 9.17) is 10.5 Å². The lowest BCUT2D eigenvalue weighted by Crippen LogP contribution is -2.01. The standard InChI is InChI=1S/C13H15N3OS/c1-2-9-17-13-10(14)6-7-12(16-13)18-11-5-3-4-8-15-11/h3-8H,2,9,14H2,1H3. The van der Waals surface area contributed by atoms with Gasteiger partial charge in [0.25, 0.3) is 0 Å². The summed E-state index contributed by atoms with van der Waals surface area (Å²) in [4.78, 5) is 8.62. The van der Waals surface area contributed by atoms with Gasteiger partial charge in [0.2, 0.25) is 5.88 Å². The van der Waals surface area contributed by atoms with E-state index in [1.807, 2.05) is 37.3 Å². The number of pyridine rings is 2. The van der Waals surface area contributed by atoms with Crippen LogP contribution >= 0.6 is 11.8 Å². The lowest BCUT2D eigenvalue weighted by atomic mass is 10.4. The van der Waals surface area contributed by atoms with Crippen molar-refractivity contribution in [1.29, 1.82) is 0 Å². The first-order valence-electron chi connectivity index (χ1n) is 5.78. The first-order chi connectivity index (χ1) is 8.79. The molecule has 0 radical (unpaired) electrons. The molecule has 4 nitrogen and oxygen atoms in total. The Kier molecular flexibility index (Phi) is 4.41. The summed E-state index contributed by atoms with van der Waals surface area (Å²) in [6.07, 6.45) is 2.69. The van der Waals surface area contributed by atoms with Crippen molar-refractivity contribution in [3.63, 3.8) is 0 Å². The quantitative estimate of drug-likeness (QED) is 0.896. The van der Waals surface area contributed by atoms with Crippen molar-refractivity contribution in [2.75, 3.05) is 12.3 Å². The Morgan fingerprint density at radius 3 is 2.83 bits per heavy atom. The molecule has 0 aliphatic carbocycles. The molecule has 94 valence electrons. The second-order valence-electron chi connectivity index (χ2n) is 3.66. The second-order valence-corrected chi connectivity index (χ2v) is 4.70. The highest BCUT2D eigenvalue weighted by atomic mass is 32.2. The average molecular weight is 261 g/mol. The molecule has 2 aromatic heterocycles. The first-order valence-corrected chi connectivity index (χ1v) is 6.59. The molecular formula is C13H15N3OS. The average Bonchev–Trinajstić information content (AvgIpc) is 2.40. The summed E-state index contributed by atoms with van der Waals surface area (Å²) in [6, 6.07) is 9.45. The number of anilines is 1. The van der Waals surface area contributed by atoms with E-state index in [0.717, 1.165) is 16.5 Å². The van der Waals surface area contributed by atoms with Gasteiger partial charge in [-0.15, -0.1) is 0 Å². The number of rotatable bonds is 5. The second kappa shape index (κ2) is 6.26. The summed E-state index contributed by atoms with van der Waals surface area (Å²) in [5, 5.41) is 1.73. The Labute approximate surface area is 111 Å². The maximum Gasteiger partial charge on any atom is 0.238 e. The van der Waals surface area contributed by atoms with Crippen molar-refractivity contribution >= 4 is 17.4 Å². The van der Waals surface area contributed by atoms with Crippen molar-refractivity contribution in [1.82, 2.24) is 9.97 Å². The van der Waals surface area contributed by atoms with E-state index in [2.05, 4.69) is 9.97 Å². The van der Waals surface area contributed by atoms with Crippen LogP contribution in [-0.4, -0.2) is 16.6 Å². The molecule has 0 spiro atoms. The molecule has 0 fully saturated rings. The molecule has 0 aromatic carbocycles. The highest BCUT2D eigenvalue weighted by Crippen LogP contribution is 2.28. The number of nitrogens with zero attached hydrogens (tertiary/aromatic N) is 2. The number of hydrogen-bond donors (Lipinski definition) is 1. The molecule has 2 N–H and O–H groups in total. The van der Waals surface area contributed by atoms with Gasteiger partial charge in [-0.25, -0.2) is 9.97 Å². The monoisotopic (exact) mass is 261 g/mol. The molecule has 0 saturated carbocycles. The van der Waals surface area contributed by atoms with Crippen LogP contribution in [-0.2, 0) is 0 Å². The number of hydrogen-bond acceptors (Lipinski definition) is 5. The largest absolute Gasteiger partial charge is 0.476 e. The van der Waals surface area contributed by atoms with Gasteiger partial charge in [-0.2, -0.15) is 0 Å². The van der Waals surface area contributed by atoms with Crippen LogP contribution in [0.25, 0.3) is 0 Å². The molecule has 0 bridgehead atoms. The first kappa shape index (κ1) is 12.7. The Bertz CT molecular complexity index is 505. The third-order valence-electron chi connectivity index (χ3n) is 2.15. The van der Waals surface area contributed by atoms with Gasteiger partial charge in [0.15, 0.2) is 0 Å². The van der Waals surface area contributed by atoms with E-state index in [0.29, 0.717) is 18.2 Å². The van der Waals surface area contributed by atoms with Crippen LogP contribution in [0.4, 0.5) is 5.69 Å². The third kappa shape index (κ3) is 3.37. The van der Waals surface area contributed by atoms with Crippen molar-refractivity contribution in [2.45, 2.75) is 23.4 Å². The van der Waals surface area contributed by atoms with Crippen LogP contribution in [0.1, 0.15) is 13.3 Å². The molecule has 2 aromatic rings. The molecular weight excluding hydrogens is 246 g/mol. The van der Waals surface area contributed by atoms with Gasteiger partial charge in [-0.05, 0) is 42.4 Å².